The summed E-state index contributed by atoms with van der Waals surface area (Å²) in [6, 6.07) is 8.90. The van der Waals surface area contributed by atoms with Crippen LogP contribution < -0.4 is 10.4 Å². The number of rotatable bonds is 0. The van der Waals surface area contributed by atoms with Crippen molar-refractivity contribution in [2.75, 3.05) is 0 Å². The fourth-order valence-electron chi connectivity index (χ4n) is 4.01. The minimum absolute atomic E-state index is 0.445. The highest BCUT2D eigenvalue weighted by molar-refractivity contribution is 7.81. The van der Waals surface area contributed by atoms with Crippen LogP contribution in [0.25, 0.3) is 11.1 Å². The normalized spacial score (nSPS) is 31.7. The summed E-state index contributed by atoms with van der Waals surface area (Å²) < 4.78 is 0. The van der Waals surface area contributed by atoms with Gasteiger partial charge in [0.2, 0.25) is 0 Å². The lowest BCUT2D eigenvalue weighted by Gasteiger charge is -2.38. The molecule has 1 fully saturated rings. The minimum atomic E-state index is 0.445. The van der Waals surface area contributed by atoms with Crippen molar-refractivity contribution in [3.8, 4) is 0 Å². The second kappa shape index (κ2) is 4.42. The van der Waals surface area contributed by atoms with Gasteiger partial charge in [-0.15, -0.1) is 0 Å². The smallest absolute Gasteiger partial charge is 0.0238 e. The monoisotopic (exact) mass is 266 g/mol. The molecule has 1 heteroatoms. The summed E-state index contributed by atoms with van der Waals surface area (Å²) in [4.78, 5) is 0. The van der Waals surface area contributed by atoms with Crippen molar-refractivity contribution in [2.24, 2.45) is 11.8 Å². The van der Waals surface area contributed by atoms with Crippen molar-refractivity contribution in [1.82, 2.24) is 0 Å². The third kappa shape index (κ3) is 1.68. The van der Waals surface area contributed by atoms with E-state index in [4.69, 9.17) is 12.6 Å². The zero-order chi connectivity index (χ0) is 12.8. The molecule has 0 spiro atoms. The zero-order valence-corrected chi connectivity index (χ0v) is 11.8. The molecule has 0 saturated heterocycles. The highest BCUT2D eigenvalue weighted by Crippen LogP contribution is 2.43. The van der Waals surface area contributed by atoms with Crippen LogP contribution >= 0.6 is 12.6 Å². The fourth-order valence-corrected chi connectivity index (χ4v) is 4.52. The Morgan fingerprint density at radius 2 is 1.84 bits per heavy atom. The molecule has 3 aliphatic carbocycles. The van der Waals surface area contributed by atoms with E-state index < -0.39 is 0 Å². The minimum Gasteiger partial charge on any atom is -0.171 e. The molecule has 0 radical (unpaired) electrons. The van der Waals surface area contributed by atoms with Crippen LogP contribution in [0.5, 0.6) is 0 Å². The Morgan fingerprint density at radius 3 is 2.74 bits per heavy atom. The van der Waals surface area contributed by atoms with E-state index >= 15 is 0 Å². The predicted octanol–water partition coefficient (Wildman–Crippen LogP) is 2.84. The van der Waals surface area contributed by atoms with Crippen LogP contribution in [0.4, 0.5) is 0 Å². The first kappa shape index (κ1) is 11.6. The topological polar surface area (TPSA) is 0 Å². The van der Waals surface area contributed by atoms with E-state index in [1.165, 1.54) is 35.3 Å². The summed E-state index contributed by atoms with van der Waals surface area (Å²) in [5, 5.41) is 3.33. The summed E-state index contributed by atoms with van der Waals surface area (Å²) in [6.07, 6.45) is 12.9. The van der Waals surface area contributed by atoms with Gasteiger partial charge in [-0.25, -0.2) is 0 Å². The van der Waals surface area contributed by atoms with Gasteiger partial charge in [0, 0.05) is 11.2 Å². The molecule has 0 aliphatic heterocycles. The van der Waals surface area contributed by atoms with Crippen LogP contribution in [0.2, 0.25) is 0 Å². The van der Waals surface area contributed by atoms with Crippen molar-refractivity contribution in [2.45, 2.75) is 24.5 Å². The van der Waals surface area contributed by atoms with Crippen LogP contribution in [0.3, 0.4) is 0 Å². The third-order valence-electron chi connectivity index (χ3n) is 4.80. The Balaban J connectivity index is 2.12. The van der Waals surface area contributed by atoms with Gasteiger partial charge >= 0.3 is 0 Å². The predicted molar refractivity (Wildman–Crippen MR) is 84.4 cm³/mol. The maximum atomic E-state index is 4.88. The number of benzene rings is 1. The average molecular weight is 266 g/mol. The highest BCUT2D eigenvalue weighted by atomic mass is 32.1. The molecule has 0 N–H and O–H groups in total. The number of fused-ring (bicyclic) bond motifs is 4. The van der Waals surface area contributed by atoms with Gasteiger partial charge in [-0.2, -0.15) is 12.6 Å². The third-order valence-corrected chi connectivity index (χ3v) is 5.33. The quantitative estimate of drug-likeness (QED) is 0.686. The molecular weight excluding hydrogens is 248 g/mol. The summed E-state index contributed by atoms with van der Waals surface area (Å²) in [5.74, 6) is 1.24. The summed E-state index contributed by atoms with van der Waals surface area (Å²) in [6.45, 7) is 0. The molecule has 3 unspecified atom stereocenters. The molecule has 1 saturated carbocycles. The first-order valence-corrected chi connectivity index (χ1v) is 7.74. The van der Waals surface area contributed by atoms with E-state index in [0.29, 0.717) is 17.1 Å². The van der Waals surface area contributed by atoms with E-state index in [-0.39, 0.29) is 0 Å². The van der Waals surface area contributed by atoms with Crippen molar-refractivity contribution in [3.63, 3.8) is 0 Å². The number of hydrogen-bond acceptors (Lipinski definition) is 1. The van der Waals surface area contributed by atoms with Gasteiger partial charge in [0.25, 0.3) is 0 Å². The van der Waals surface area contributed by atoms with Gasteiger partial charge < -0.3 is 0 Å². The largest absolute Gasteiger partial charge is 0.171 e. The Hall–Kier alpha value is -1.21. The van der Waals surface area contributed by atoms with E-state index in [1.807, 2.05) is 0 Å². The molecule has 0 bridgehead atoms. The summed E-state index contributed by atoms with van der Waals surface area (Å²) >= 11 is 4.88. The summed E-state index contributed by atoms with van der Waals surface area (Å²) in [5.41, 5.74) is 3.10. The van der Waals surface area contributed by atoms with Crippen LogP contribution in [-0.2, 0) is 0 Å². The molecule has 19 heavy (non-hydrogen) atoms. The Kier molecular flexibility index (Phi) is 2.70. The molecule has 0 amide bonds. The molecule has 4 rings (SSSR count). The van der Waals surface area contributed by atoms with Crippen molar-refractivity contribution in [3.05, 3.63) is 59.0 Å². The zero-order valence-electron chi connectivity index (χ0n) is 10.9. The molecule has 96 valence electrons. The molecule has 3 atom stereocenters. The second-order valence-electron chi connectivity index (χ2n) is 5.78. The lowest BCUT2D eigenvalue weighted by molar-refractivity contribution is 0.457. The Labute approximate surface area is 119 Å². The molecular formula is C18H18S. The van der Waals surface area contributed by atoms with Crippen molar-refractivity contribution >= 4 is 23.8 Å². The van der Waals surface area contributed by atoms with Gasteiger partial charge in [0.1, 0.15) is 0 Å². The van der Waals surface area contributed by atoms with Gasteiger partial charge in [0.15, 0.2) is 0 Å². The highest BCUT2D eigenvalue weighted by Gasteiger charge is 2.35. The van der Waals surface area contributed by atoms with Crippen molar-refractivity contribution < 1.29 is 0 Å². The average Bonchev–Trinajstić information content (AvgIpc) is 2.47. The SMILES string of the molecule is SC1CCCC2C1=c1ccccc1=C1C=CC=CC12. The van der Waals surface area contributed by atoms with Gasteiger partial charge in [-0.1, -0.05) is 55.0 Å². The first-order chi connectivity index (χ1) is 9.36. The van der Waals surface area contributed by atoms with Crippen LogP contribution in [-0.4, -0.2) is 5.25 Å². The fraction of sp³-hybridized carbons (Fsp3) is 0.333. The second-order valence-corrected chi connectivity index (χ2v) is 6.40. The maximum Gasteiger partial charge on any atom is 0.0238 e. The van der Waals surface area contributed by atoms with E-state index in [2.05, 4.69) is 48.6 Å². The molecule has 3 aliphatic rings. The lowest BCUT2D eigenvalue weighted by Crippen LogP contribution is -2.43. The summed E-state index contributed by atoms with van der Waals surface area (Å²) in [7, 11) is 0. The van der Waals surface area contributed by atoms with Crippen LogP contribution in [0.1, 0.15) is 19.3 Å². The Morgan fingerprint density at radius 1 is 1.00 bits per heavy atom. The van der Waals surface area contributed by atoms with E-state index in [9.17, 15) is 0 Å². The molecule has 0 heterocycles. The Bertz CT molecular complexity index is 693. The molecule has 0 nitrogen and oxygen atoms in total. The van der Waals surface area contributed by atoms with Crippen LogP contribution in [0.15, 0.2) is 48.6 Å². The van der Waals surface area contributed by atoms with E-state index in [0.717, 1.165) is 0 Å². The first-order valence-electron chi connectivity index (χ1n) is 7.22. The molecule has 1 aromatic rings. The maximum absolute atomic E-state index is 4.88. The molecule has 1 aromatic carbocycles. The van der Waals surface area contributed by atoms with Gasteiger partial charge in [-0.05, 0) is 40.3 Å². The van der Waals surface area contributed by atoms with Gasteiger partial charge in [0.05, 0.1) is 0 Å². The van der Waals surface area contributed by atoms with E-state index in [1.54, 1.807) is 5.57 Å². The molecule has 0 aromatic heterocycles. The number of allylic oxidation sites excluding steroid dienone is 4. The van der Waals surface area contributed by atoms with Crippen molar-refractivity contribution in [1.29, 1.82) is 0 Å². The standard InChI is InChI=1S/C18H18S/c19-17-11-5-10-16-14-7-2-1-6-12(14)13-8-3-4-9-15(13)18(16)17/h1-4,6-9,14,16-17,19H,5,10-11H2. The number of thiol groups is 1. The lowest BCUT2D eigenvalue weighted by atomic mass is 9.68. The number of hydrogen-bond donors (Lipinski definition) is 1. The van der Waals surface area contributed by atoms with Crippen LogP contribution in [0, 0.1) is 11.8 Å². The van der Waals surface area contributed by atoms with Gasteiger partial charge in [-0.3, -0.25) is 0 Å².